The molecule has 84 valence electrons. The molecule has 0 spiro atoms. The van der Waals surface area contributed by atoms with Crippen LogP contribution in [-0.4, -0.2) is 30.0 Å². The summed E-state index contributed by atoms with van der Waals surface area (Å²) in [7, 11) is 0. The quantitative estimate of drug-likeness (QED) is 0.674. The minimum atomic E-state index is -0.623. The molecule has 1 atom stereocenters. The Morgan fingerprint density at radius 1 is 1.50 bits per heavy atom. The Bertz CT molecular complexity index is 176. The predicted molar refractivity (Wildman–Crippen MR) is 51.6 cm³/mol. The molecule has 1 amide bonds. The van der Waals surface area contributed by atoms with Crippen molar-refractivity contribution in [1.29, 1.82) is 0 Å². The fraction of sp³-hybridized carbons (Fsp3) is 0.889. The third-order valence-corrected chi connectivity index (χ3v) is 1.23. The van der Waals surface area contributed by atoms with Crippen molar-refractivity contribution < 1.29 is 19.5 Å². The Morgan fingerprint density at radius 2 is 2.07 bits per heavy atom. The first-order chi connectivity index (χ1) is 6.35. The molecule has 0 aliphatic heterocycles. The predicted octanol–water partition coefficient (Wildman–Crippen LogP) is 1.07. The highest BCUT2D eigenvalue weighted by atomic mass is 16.7. The zero-order valence-corrected chi connectivity index (χ0v) is 9.16. The van der Waals surface area contributed by atoms with Gasteiger partial charge in [0, 0.05) is 12.5 Å². The van der Waals surface area contributed by atoms with E-state index in [9.17, 15) is 4.79 Å². The summed E-state index contributed by atoms with van der Waals surface area (Å²) in [6.45, 7) is 7.39. The van der Waals surface area contributed by atoms with Gasteiger partial charge in [-0.2, -0.15) is 5.48 Å². The molecule has 0 heterocycles. The molecule has 1 unspecified atom stereocenters. The minimum Gasteiger partial charge on any atom is -0.442 e. The lowest BCUT2D eigenvalue weighted by molar-refractivity contribution is -0.0211. The van der Waals surface area contributed by atoms with Crippen LogP contribution in [0.1, 0.15) is 27.7 Å². The first-order valence-electron chi connectivity index (χ1n) is 4.57. The molecule has 14 heavy (non-hydrogen) atoms. The first kappa shape index (κ1) is 13.2. The number of amides is 1. The van der Waals surface area contributed by atoms with Crippen molar-refractivity contribution in [2.75, 3.05) is 13.2 Å². The van der Waals surface area contributed by atoms with Crippen LogP contribution < -0.4 is 5.48 Å². The summed E-state index contributed by atoms with van der Waals surface area (Å²) in [6, 6.07) is 0. The van der Waals surface area contributed by atoms with E-state index >= 15 is 0 Å². The summed E-state index contributed by atoms with van der Waals surface area (Å²) in [5.74, 6) is -0.00932. The third kappa shape index (κ3) is 7.82. The highest BCUT2D eigenvalue weighted by Gasteiger charge is 2.16. The van der Waals surface area contributed by atoms with Gasteiger partial charge < -0.3 is 9.84 Å². The molecule has 2 N–H and O–H groups in total. The summed E-state index contributed by atoms with van der Waals surface area (Å²) in [5, 5.41) is 8.66. The van der Waals surface area contributed by atoms with E-state index in [1.165, 1.54) is 0 Å². The SMILES string of the molecule is CC(CO)CONC(=O)OC(C)(C)C. The lowest BCUT2D eigenvalue weighted by Crippen LogP contribution is -2.33. The monoisotopic (exact) mass is 205 g/mol. The van der Waals surface area contributed by atoms with Crippen molar-refractivity contribution in [3.05, 3.63) is 0 Å². The van der Waals surface area contributed by atoms with E-state index in [2.05, 4.69) is 5.48 Å². The van der Waals surface area contributed by atoms with Crippen LogP contribution in [0.5, 0.6) is 0 Å². The first-order valence-corrected chi connectivity index (χ1v) is 4.57. The van der Waals surface area contributed by atoms with Gasteiger partial charge in [-0.25, -0.2) is 4.79 Å². The van der Waals surface area contributed by atoms with Crippen LogP contribution in [-0.2, 0) is 9.57 Å². The summed E-state index contributed by atoms with van der Waals surface area (Å²) < 4.78 is 4.92. The number of hydrogen-bond donors (Lipinski definition) is 2. The maximum atomic E-state index is 11.0. The molecule has 0 aromatic rings. The van der Waals surface area contributed by atoms with E-state index in [-0.39, 0.29) is 19.1 Å². The van der Waals surface area contributed by atoms with Gasteiger partial charge in [0.15, 0.2) is 0 Å². The molecule has 0 saturated heterocycles. The lowest BCUT2D eigenvalue weighted by Gasteiger charge is -2.19. The molecule has 0 aromatic carbocycles. The minimum absolute atomic E-state index is 0.00932. The Hall–Kier alpha value is -0.810. The highest BCUT2D eigenvalue weighted by Crippen LogP contribution is 2.06. The normalized spacial score (nSPS) is 13.5. The van der Waals surface area contributed by atoms with Gasteiger partial charge in [-0.15, -0.1) is 0 Å². The van der Waals surface area contributed by atoms with Gasteiger partial charge in [0.25, 0.3) is 0 Å². The lowest BCUT2D eigenvalue weighted by atomic mass is 10.2. The van der Waals surface area contributed by atoms with Crippen molar-refractivity contribution in [3.63, 3.8) is 0 Å². The summed E-state index contributed by atoms with van der Waals surface area (Å²) in [6.07, 6.45) is -0.623. The number of carbonyl (C=O) groups excluding carboxylic acids is 1. The van der Waals surface area contributed by atoms with Gasteiger partial charge in [0.2, 0.25) is 0 Å². The average Bonchev–Trinajstić information content (AvgIpc) is 2.00. The molecule has 0 bridgehead atoms. The molecule has 0 saturated carbocycles. The number of rotatable bonds is 4. The Morgan fingerprint density at radius 3 is 2.50 bits per heavy atom. The van der Waals surface area contributed by atoms with E-state index in [4.69, 9.17) is 14.7 Å². The number of hydroxylamine groups is 1. The van der Waals surface area contributed by atoms with Gasteiger partial charge in [0.1, 0.15) is 5.60 Å². The van der Waals surface area contributed by atoms with Gasteiger partial charge in [-0.3, -0.25) is 4.84 Å². The molecule has 0 aromatic heterocycles. The second kappa shape index (κ2) is 5.82. The summed E-state index contributed by atoms with van der Waals surface area (Å²) >= 11 is 0. The molecule has 0 radical (unpaired) electrons. The number of aliphatic hydroxyl groups excluding tert-OH is 1. The van der Waals surface area contributed by atoms with E-state index in [0.29, 0.717) is 0 Å². The van der Waals surface area contributed by atoms with E-state index in [0.717, 1.165) is 0 Å². The molecule has 5 heteroatoms. The zero-order chi connectivity index (χ0) is 11.2. The van der Waals surface area contributed by atoms with Gasteiger partial charge in [-0.1, -0.05) is 6.92 Å². The molecular weight excluding hydrogens is 186 g/mol. The number of nitrogens with one attached hydrogen (secondary N) is 1. The molecule has 0 aliphatic rings. The van der Waals surface area contributed by atoms with Crippen molar-refractivity contribution in [1.82, 2.24) is 5.48 Å². The third-order valence-electron chi connectivity index (χ3n) is 1.23. The number of ether oxygens (including phenoxy) is 1. The van der Waals surface area contributed by atoms with Crippen LogP contribution in [0.3, 0.4) is 0 Å². The van der Waals surface area contributed by atoms with E-state index in [1.807, 2.05) is 0 Å². The van der Waals surface area contributed by atoms with Crippen LogP contribution in [0.25, 0.3) is 0 Å². The van der Waals surface area contributed by atoms with Gasteiger partial charge in [-0.05, 0) is 20.8 Å². The molecule has 5 nitrogen and oxygen atoms in total. The largest absolute Gasteiger partial charge is 0.442 e. The van der Waals surface area contributed by atoms with Crippen LogP contribution >= 0.6 is 0 Å². The molecule has 0 rings (SSSR count). The summed E-state index contributed by atoms with van der Waals surface area (Å²) in [4.78, 5) is 15.8. The van der Waals surface area contributed by atoms with Crippen LogP contribution in [0.4, 0.5) is 4.79 Å². The van der Waals surface area contributed by atoms with E-state index < -0.39 is 11.7 Å². The summed E-state index contributed by atoms with van der Waals surface area (Å²) in [5.41, 5.74) is 1.60. The van der Waals surface area contributed by atoms with E-state index in [1.54, 1.807) is 27.7 Å². The zero-order valence-electron chi connectivity index (χ0n) is 9.16. The Balaban J connectivity index is 3.55. The van der Waals surface area contributed by atoms with Gasteiger partial charge in [0.05, 0.1) is 6.61 Å². The molecule has 0 aliphatic carbocycles. The number of carbonyl (C=O) groups is 1. The fourth-order valence-electron chi connectivity index (χ4n) is 0.594. The molecular formula is C9H19NO4. The second-order valence-corrected chi connectivity index (χ2v) is 4.20. The standard InChI is InChI=1S/C9H19NO4/c1-7(5-11)6-13-10-8(12)14-9(2,3)4/h7,11H,5-6H2,1-4H3,(H,10,12). The van der Waals surface area contributed by atoms with Crippen LogP contribution in [0.15, 0.2) is 0 Å². The Kier molecular flexibility index (Phi) is 5.49. The smallest absolute Gasteiger partial charge is 0.431 e. The van der Waals surface area contributed by atoms with Crippen LogP contribution in [0, 0.1) is 5.92 Å². The number of aliphatic hydroxyl groups is 1. The molecule has 0 fully saturated rings. The maximum Gasteiger partial charge on any atom is 0.431 e. The fourth-order valence-corrected chi connectivity index (χ4v) is 0.594. The topological polar surface area (TPSA) is 67.8 Å². The van der Waals surface area contributed by atoms with Crippen LogP contribution in [0.2, 0.25) is 0 Å². The Labute approximate surface area is 84.3 Å². The van der Waals surface area contributed by atoms with Gasteiger partial charge >= 0.3 is 6.09 Å². The average molecular weight is 205 g/mol. The van der Waals surface area contributed by atoms with Crippen molar-refractivity contribution in [2.45, 2.75) is 33.3 Å². The van der Waals surface area contributed by atoms with Crippen molar-refractivity contribution >= 4 is 6.09 Å². The highest BCUT2D eigenvalue weighted by molar-refractivity contribution is 5.66. The number of hydrogen-bond acceptors (Lipinski definition) is 4. The van der Waals surface area contributed by atoms with Crippen molar-refractivity contribution in [3.8, 4) is 0 Å². The maximum absolute atomic E-state index is 11.0. The van der Waals surface area contributed by atoms with Crippen molar-refractivity contribution in [2.24, 2.45) is 5.92 Å². The second-order valence-electron chi connectivity index (χ2n) is 4.20.